The summed E-state index contributed by atoms with van der Waals surface area (Å²) >= 11 is 0. The first-order chi connectivity index (χ1) is 13.3. The number of carbonyl (C=O) groups is 1. The van der Waals surface area contributed by atoms with Crippen molar-refractivity contribution in [2.75, 3.05) is 31.2 Å². The molecule has 9 nitrogen and oxygen atoms in total. The Labute approximate surface area is 157 Å². The summed E-state index contributed by atoms with van der Waals surface area (Å²) in [5.74, 6) is 0.465. The van der Waals surface area contributed by atoms with E-state index in [0.29, 0.717) is 30.2 Å². The zero-order chi connectivity index (χ0) is 20.3. The van der Waals surface area contributed by atoms with Gasteiger partial charge in [0.15, 0.2) is 5.82 Å². The molecule has 0 spiro atoms. The number of rotatable bonds is 2. The topological polar surface area (TPSA) is 114 Å². The molecular weight excluding hydrogens is 383 g/mol. The predicted molar refractivity (Wildman–Crippen MR) is 87.5 cm³/mol. The molecule has 1 N–H and O–H groups in total. The highest BCUT2D eigenvalue weighted by atomic mass is 19.4. The molecule has 0 radical (unpaired) electrons. The fraction of sp³-hybridized carbons (Fsp3) is 0.562. The van der Waals surface area contributed by atoms with Crippen molar-refractivity contribution in [2.45, 2.75) is 19.0 Å². The Bertz CT molecular complexity index is 801. The van der Waals surface area contributed by atoms with Gasteiger partial charge >= 0.3 is 12.1 Å². The van der Waals surface area contributed by atoms with E-state index in [2.05, 4.69) is 25.0 Å². The molecule has 3 atom stereocenters. The van der Waals surface area contributed by atoms with E-state index in [1.54, 1.807) is 12.4 Å². The molecule has 2 aromatic rings. The molecule has 0 amide bonds. The summed E-state index contributed by atoms with van der Waals surface area (Å²) < 4.78 is 42.8. The van der Waals surface area contributed by atoms with Gasteiger partial charge in [-0.1, -0.05) is 5.16 Å². The van der Waals surface area contributed by atoms with Gasteiger partial charge in [0.2, 0.25) is 11.8 Å². The summed E-state index contributed by atoms with van der Waals surface area (Å²) in [6, 6.07) is 1.83. The molecule has 2 aliphatic heterocycles. The van der Waals surface area contributed by atoms with Crippen LogP contribution in [-0.2, 0) is 9.53 Å². The molecule has 2 saturated heterocycles. The fourth-order valence-corrected chi connectivity index (χ4v) is 3.33. The predicted octanol–water partition coefficient (Wildman–Crippen LogP) is 1.67. The van der Waals surface area contributed by atoms with Gasteiger partial charge in [0, 0.05) is 31.4 Å². The van der Waals surface area contributed by atoms with Crippen molar-refractivity contribution >= 4 is 11.9 Å². The van der Waals surface area contributed by atoms with Gasteiger partial charge in [-0.15, -0.1) is 0 Å². The summed E-state index contributed by atoms with van der Waals surface area (Å²) in [6.07, 6.45) is -1.53. The lowest BCUT2D eigenvalue weighted by Crippen LogP contribution is -2.33. The highest BCUT2D eigenvalue weighted by Crippen LogP contribution is 2.39. The molecule has 2 aliphatic rings. The van der Waals surface area contributed by atoms with Crippen LogP contribution in [0, 0.1) is 18.8 Å². The normalized spacial score (nSPS) is 24.3. The number of alkyl halides is 3. The first-order valence-electron chi connectivity index (χ1n) is 8.45. The quantitative estimate of drug-likeness (QED) is 0.802. The number of carboxylic acids is 1. The lowest BCUT2D eigenvalue weighted by atomic mass is 9.83. The van der Waals surface area contributed by atoms with Crippen LogP contribution in [0.15, 0.2) is 23.0 Å². The standard InChI is InChI=1S/C14H17N5O2.C2HF3O2/c1-9-17-13(21-18-9)12-8-20-7-10-5-19(6-11(10)12)14-15-3-2-4-16-14;3-2(4,5)1(6)7/h2-4,10-12H,5-8H2,1H3;(H,6,7)/t10-,11-,12+;/m1./s1. The summed E-state index contributed by atoms with van der Waals surface area (Å²) in [5, 5.41) is 11.0. The van der Waals surface area contributed by atoms with Gasteiger partial charge in [-0.3, -0.25) is 0 Å². The van der Waals surface area contributed by atoms with Crippen LogP contribution < -0.4 is 4.90 Å². The monoisotopic (exact) mass is 401 g/mol. The van der Waals surface area contributed by atoms with Gasteiger partial charge in [-0.25, -0.2) is 14.8 Å². The lowest BCUT2D eigenvalue weighted by molar-refractivity contribution is -0.192. The Morgan fingerprint density at radius 1 is 1.25 bits per heavy atom. The van der Waals surface area contributed by atoms with E-state index in [4.69, 9.17) is 19.2 Å². The largest absolute Gasteiger partial charge is 0.490 e. The van der Waals surface area contributed by atoms with Gasteiger partial charge in [0.1, 0.15) is 0 Å². The second-order valence-electron chi connectivity index (χ2n) is 6.50. The molecule has 0 aromatic carbocycles. The third-order valence-corrected chi connectivity index (χ3v) is 4.58. The number of carboxylic acid groups (broad SMARTS) is 1. The molecule has 0 bridgehead atoms. The van der Waals surface area contributed by atoms with Crippen molar-refractivity contribution in [3.63, 3.8) is 0 Å². The second kappa shape index (κ2) is 8.09. The first-order valence-corrected chi connectivity index (χ1v) is 8.45. The van der Waals surface area contributed by atoms with E-state index in [1.807, 2.05) is 13.0 Å². The Kier molecular flexibility index (Phi) is 5.77. The Morgan fingerprint density at radius 2 is 1.93 bits per heavy atom. The van der Waals surface area contributed by atoms with E-state index in [1.165, 1.54) is 0 Å². The van der Waals surface area contributed by atoms with E-state index in [0.717, 1.165) is 25.6 Å². The summed E-state index contributed by atoms with van der Waals surface area (Å²) in [5.41, 5.74) is 0. The minimum absolute atomic E-state index is 0.165. The van der Waals surface area contributed by atoms with E-state index >= 15 is 0 Å². The highest BCUT2D eigenvalue weighted by Gasteiger charge is 2.44. The molecule has 2 aromatic heterocycles. The van der Waals surface area contributed by atoms with Gasteiger partial charge < -0.3 is 19.3 Å². The average molecular weight is 401 g/mol. The Morgan fingerprint density at radius 3 is 2.50 bits per heavy atom. The molecule has 4 heterocycles. The third-order valence-electron chi connectivity index (χ3n) is 4.58. The summed E-state index contributed by atoms with van der Waals surface area (Å²) in [6.45, 7) is 5.08. The second-order valence-corrected chi connectivity index (χ2v) is 6.50. The molecule has 2 fully saturated rings. The number of hydrogen-bond donors (Lipinski definition) is 1. The van der Waals surface area contributed by atoms with Crippen LogP contribution in [0.3, 0.4) is 0 Å². The SMILES string of the molecule is Cc1noc([C@H]2COC[C@H]3CN(c4ncccn4)C[C@H]32)n1.O=C(O)C(F)(F)F. The molecule has 4 rings (SSSR count). The number of aromatic nitrogens is 4. The maximum absolute atomic E-state index is 10.6. The van der Waals surface area contributed by atoms with Crippen LogP contribution in [0.1, 0.15) is 17.6 Å². The number of halogens is 3. The van der Waals surface area contributed by atoms with Gasteiger partial charge in [0.25, 0.3) is 0 Å². The zero-order valence-electron chi connectivity index (χ0n) is 14.8. The number of aliphatic carboxylic acids is 1. The van der Waals surface area contributed by atoms with Crippen LogP contribution in [0.2, 0.25) is 0 Å². The van der Waals surface area contributed by atoms with Crippen LogP contribution in [-0.4, -0.2) is 63.7 Å². The van der Waals surface area contributed by atoms with Gasteiger partial charge in [-0.2, -0.15) is 18.2 Å². The average Bonchev–Trinajstić information content (AvgIpc) is 3.28. The van der Waals surface area contributed by atoms with Crippen molar-refractivity contribution in [3.05, 3.63) is 30.2 Å². The smallest absolute Gasteiger partial charge is 0.475 e. The molecule has 28 heavy (non-hydrogen) atoms. The zero-order valence-corrected chi connectivity index (χ0v) is 14.8. The maximum atomic E-state index is 10.6. The first kappa shape index (κ1) is 20.0. The van der Waals surface area contributed by atoms with Gasteiger partial charge in [-0.05, 0) is 18.9 Å². The molecule has 152 valence electrons. The Hall–Kier alpha value is -2.76. The third kappa shape index (κ3) is 4.55. The number of aryl methyl sites for hydroxylation is 1. The van der Waals surface area contributed by atoms with E-state index < -0.39 is 12.1 Å². The minimum atomic E-state index is -5.08. The number of ether oxygens (including phenoxy) is 1. The number of hydrogen-bond acceptors (Lipinski definition) is 8. The number of anilines is 1. The fourth-order valence-electron chi connectivity index (χ4n) is 3.33. The summed E-state index contributed by atoms with van der Waals surface area (Å²) in [7, 11) is 0. The number of nitrogens with zero attached hydrogens (tertiary/aromatic N) is 5. The lowest BCUT2D eigenvalue weighted by Gasteiger charge is -2.30. The number of fused-ring (bicyclic) bond motifs is 1. The summed E-state index contributed by atoms with van der Waals surface area (Å²) in [4.78, 5) is 24.2. The molecule has 12 heteroatoms. The van der Waals surface area contributed by atoms with Crippen molar-refractivity contribution in [2.24, 2.45) is 11.8 Å². The molecule has 0 unspecified atom stereocenters. The highest BCUT2D eigenvalue weighted by molar-refractivity contribution is 5.73. The Balaban J connectivity index is 0.000000279. The van der Waals surface area contributed by atoms with Gasteiger partial charge in [0.05, 0.1) is 19.1 Å². The van der Waals surface area contributed by atoms with Crippen LogP contribution >= 0.6 is 0 Å². The van der Waals surface area contributed by atoms with E-state index in [9.17, 15) is 13.2 Å². The molecule has 0 aliphatic carbocycles. The molecule has 0 saturated carbocycles. The maximum Gasteiger partial charge on any atom is 0.490 e. The van der Waals surface area contributed by atoms with Crippen molar-refractivity contribution in [1.29, 1.82) is 0 Å². The van der Waals surface area contributed by atoms with Crippen molar-refractivity contribution < 1.29 is 32.3 Å². The van der Waals surface area contributed by atoms with Crippen molar-refractivity contribution in [3.8, 4) is 0 Å². The van der Waals surface area contributed by atoms with Crippen LogP contribution in [0.4, 0.5) is 19.1 Å². The van der Waals surface area contributed by atoms with Crippen LogP contribution in [0.25, 0.3) is 0 Å². The minimum Gasteiger partial charge on any atom is -0.475 e. The van der Waals surface area contributed by atoms with E-state index in [-0.39, 0.29) is 5.92 Å². The molecular formula is C16H18F3N5O4. The van der Waals surface area contributed by atoms with Crippen molar-refractivity contribution in [1.82, 2.24) is 20.1 Å². The van der Waals surface area contributed by atoms with Crippen LogP contribution in [0.5, 0.6) is 0 Å².